The van der Waals surface area contributed by atoms with Gasteiger partial charge in [0, 0.05) is 35.7 Å². The summed E-state index contributed by atoms with van der Waals surface area (Å²) in [6.07, 6.45) is 1.06. The number of halogens is 2. The lowest BCUT2D eigenvalue weighted by Gasteiger charge is -2.35. The van der Waals surface area contributed by atoms with Crippen LogP contribution in [0, 0.1) is 0 Å². The Labute approximate surface area is 135 Å². The molecule has 2 N–H and O–H groups in total. The monoisotopic (exact) mass is 320 g/mol. The number of rotatable bonds is 3. The Bertz CT molecular complexity index is 622. The summed E-state index contributed by atoms with van der Waals surface area (Å²) in [7, 11) is 0. The summed E-state index contributed by atoms with van der Waals surface area (Å²) in [4.78, 5) is 2.41. The molecule has 0 bridgehead atoms. The van der Waals surface area contributed by atoms with Gasteiger partial charge in [-0.25, -0.2) is 0 Å². The van der Waals surface area contributed by atoms with Gasteiger partial charge < -0.3 is 5.73 Å². The van der Waals surface area contributed by atoms with E-state index in [4.69, 9.17) is 28.9 Å². The van der Waals surface area contributed by atoms with Gasteiger partial charge in [-0.05, 0) is 41.3 Å². The van der Waals surface area contributed by atoms with Crippen molar-refractivity contribution in [2.75, 3.05) is 13.1 Å². The zero-order valence-corrected chi connectivity index (χ0v) is 13.2. The predicted molar refractivity (Wildman–Crippen MR) is 88.8 cm³/mol. The van der Waals surface area contributed by atoms with Crippen molar-refractivity contribution >= 4 is 23.2 Å². The highest BCUT2D eigenvalue weighted by Gasteiger charge is 2.24. The van der Waals surface area contributed by atoms with Crippen molar-refractivity contribution in [3.05, 3.63) is 69.2 Å². The van der Waals surface area contributed by atoms with Crippen LogP contribution in [0.3, 0.4) is 0 Å². The van der Waals surface area contributed by atoms with Gasteiger partial charge in [0.05, 0.1) is 0 Å². The van der Waals surface area contributed by atoms with Crippen LogP contribution in [0.15, 0.2) is 42.5 Å². The maximum atomic E-state index is 6.13. The molecule has 21 heavy (non-hydrogen) atoms. The maximum Gasteiger partial charge on any atom is 0.0475 e. The minimum Gasteiger partial charge on any atom is -0.329 e. The normalized spacial score (nSPS) is 16.5. The van der Waals surface area contributed by atoms with E-state index in [0.29, 0.717) is 16.6 Å². The fourth-order valence-electron chi connectivity index (χ4n) is 3.05. The zero-order valence-electron chi connectivity index (χ0n) is 11.7. The van der Waals surface area contributed by atoms with Crippen LogP contribution in [0.1, 0.15) is 22.7 Å². The summed E-state index contributed by atoms with van der Waals surface area (Å²) >= 11 is 12.3. The van der Waals surface area contributed by atoms with Crippen LogP contribution in [-0.2, 0) is 13.0 Å². The summed E-state index contributed by atoms with van der Waals surface area (Å²) in [5, 5.41) is 1.32. The van der Waals surface area contributed by atoms with E-state index in [0.717, 1.165) is 25.1 Å². The van der Waals surface area contributed by atoms with Crippen molar-refractivity contribution in [3.8, 4) is 0 Å². The molecule has 0 amide bonds. The number of nitrogens with zero attached hydrogens (tertiary/aromatic N) is 1. The van der Waals surface area contributed by atoms with Crippen LogP contribution in [0.25, 0.3) is 0 Å². The molecule has 0 fully saturated rings. The Balaban J connectivity index is 1.88. The Kier molecular flexibility index (Phi) is 4.51. The summed E-state index contributed by atoms with van der Waals surface area (Å²) in [6.45, 7) is 2.48. The summed E-state index contributed by atoms with van der Waals surface area (Å²) in [6, 6.07) is 14.4. The second kappa shape index (κ2) is 6.37. The van der Waals surface area contributed by atoms with E-state index < -0.39 is 0 Å². The standard InChI is InChI=1S/C17H18Cl2N2/c18-15-7-14(8-16(19)9-15)17(10-20)21-6-5-12-3-1-2-4-13(12)11-21/h1-4,7-9,17H,5-6,10-11,20H2. The van der Waals surface area contributed by atoms with Crippen LogP contribution in [-0.4, -0.2) is 18.0 Å². The van der Waals surface area contributed by atoms with Crippen molar-refractivity contribution in [1.82, 2.24) is 4.90 Å². The quantitative estimate of drug-likeness (QED) is 0.924. The molecule has 2 nitrogen and oxygen atoms in total. The molecule has 1 aliphatic rings. The predicted octanol–water partition coefficient (Wildman–Crippen LogP) is 4.05. The lowest BCUT2D eigenvalue weighted by Crippen LogP contribution is -2.37. The molecule has 1 unspecified atom stereocenters. The summed E-state index contributed by atoms with van der Waals surface area (Å²) in [5.74, 6) is 0. The largest absolute Gasteiger partial charge is 0.329 e. The van der Waals surface area contributed by atoms with Gasteiger partial charge in [0.2, 0.25) is 0 Å². The van der Waals surface area contributed by atoms with Crippen LogP contribution in [0.5, 0.6) is 0 Å². The first-order valence-electron chi connectivity index (χ1n) is 7.14. The number of hydrogen-bond acceptors (Lipinski definition) is 2. The minimum absolute atomic E-state index is 0.148. The van der Waals surface area contributed by atoms with Gasteiger partial charge in [0.1, 0.15) is 0 Å². The summed E-state index contributed by atoms with van der Waals surface area (Å²) in [5.41, 5.74) is 9.94. The van der Waals surface area contributed by atoms with E-state index in [1.807, 2.05) is 12.1 Å². The molecule has 0 aliphatic carbocycles. The topological polar surface area (TPSA) is 29.3 Å². The lowest BCUT2D eigenvalue weighted by molar-refractivity contribution is 0.183. The van der Waals surface area contributed by atoms with Gasteiger partial charge in [0.15, 0.2) is 0 Å². The molecule has 1 atom stereocenters. The van der Waals surface area contributed by atoms with Gasteiger partial charge >= 0.3 is 0 Å². The average Bonchev–Trinajstić information content (AvgIpc) is 2.47. The van der Waals surface area contributed by atoms with Crippen molar-refractivity contribution in [2.45, 2.75) is 19.0 Å². The average molecular weight is 321 g/mol. The molecule has 1 heterocycles. The fourth-order valence-corrected chi connectivity index (χ4v) is 3.59. The molecule has 0 radical (unpaired) electrons. The SMILES string of the molecule is NCC(c1cc(Cl)cc(Cl)c1)N1CCc2ccccc2C1. The van der Waals surface area contributed by atoms with E-state index >= 15 is 0 Å². The van der Waals surface area contributed by atoms with Gasteiger partial charge in [-0.1, -0.05) is 47.5 Å². The van der Waals surface area contributed by atoms with Crippen molar-refractivity contribution in [3.63, 3.8) is 0 Å². The van der Waals surface area contributed by atoms with Crippen molar-refractivity contribution in [2.24, 2.45) is 5.73 Å². The van der Waals surface area contributed by atoms with E-state index in [-0.39, 0.29) is 6.04 Å². The smallest absolute Gasteiger partial charge is 0.0475 e. The number of hydrogen-bond donors (Lipinski definition) is 1. The molecule has 2 aromatic rings. The first-order chi connectivity index (χ1) is 10.2. The van der Waals surface area contributed by atoms with E-state index in [9.17, 15) is 0 Å². The molecule has 110 valence electrons. The number of benzene rings is 2. The Morgan fingerprint density at radius 3 is 2.38 bits per heavy atom. The lowest BCUT2D eigenvalue weighted by atomic mass is 9.96. The van der Waals surface area contributed by atoms with Gasteiger partial charge in [-0.2, -0.15) is 0 Å². The molecule has 4 heteroatoms. The highest BCUT2D eigenvalue weighted by atomic mass is 35.5. The fraction of sp³-hybridized carbons (Fsp3) is 0.294. The highest BCUT2D eigenvalue weighted by Crippen LogP contribution is 2.30. The van der Waals surface area contributed by atoms with Crippen LogP contribution in [0.4, 0.5) is 0 Å². The maximum absolute atomic E-state index is 6.13. The molecule has 1 aliphatic heterocycles. The van der Waals surface area contributed by atoms with Crippen LogP contribution >= 0.6 is 23.2 Å². The Hall–Kier alpha value is -1.06. The van der Waals surface area contributed by atoms with Gasteiger partial charge in [-0.15, -0.1) is 0 Å². The third kappa shape index (κ3) is 3.24. The third-order valence-electron chi connectivity index (χ3n) is 4.09. The second-order valence-electron chi connectivity index (χ2n) is 5.44. The number of nitrogens with two attached hydrogens (primary N) is 1. The molecule has 2 aromatic carbocycles. The summed E-state index contributed by atoms with van der Waals surface area (Å²) < 4.78 is 0. The molecule has 0 aromatic heterocycles. The minimum atomic E-state index is 0.148. The molecule has 0 spiro atoms. The first kappa shape index (κ1) is 14.9. The molecule has 3 rings (SSSR count). The van der Waals surface area contributed by atoms with E-state index in [1.165, 1.54) is 11.1 Å². The van der Waals surface area contributed by atoms with Gasteiger partial charge in [-0.3, -0.25) is 4.90 Å². The number of fused-ring (bicyclic) bond motifs is 1. The van der Waals surface area contributed by atoms with Crippen LogP contribution < -0.4 is 5.73 Å². The van der Waals surface area contributed by atoms with Crippen molar-refractivity contribution in [1.29, 1.82) is 0 Å². The van der Waals surface area contributed by atoms with Crippen LogP contribution in [0.2, 0.25) is 10.0 Å². The molecule has 0 saturated heterocycles. The van der Waals surface area contributed by atoms with Gasteiger partial charge in [0.25, 0.3) is 0 Å². The van der Waals surface area contributed by atoms with E-state index in [2.05, 4.69) is 29.2 Å². The molecule has 0 saturated carbocycles. The first-order valence-corrected chi connectivity index (χ1v) is 7.90. The van der Waals surface area contributed by atoms with Crippen molar-refractivity contribution < 1.29 is 0 Å². The molecular formula is C17H18Cl2N2. The third-order valence-corrected chi connectivity index (χ3v) is 4.53. The zero-order chi connectivity index (χ0) is 14.8. The molecular weight excluding hydrogens is 303 g/mol. The Morgan fingerprint density at radius 1 is 1.05 bits per heavy atom. The Morgan fingerprint density at radius 2 is 1.71 bits per heavy atom. The highest BCUT2D eigenvalue weighted by molar-refractivity contribution is 6.34. The second-order valence-corrected chi connectivity index (χ2v) is 6.32. The van der Waals surface area contributed by atoms with E-state index in [1.54, 1.807) is 6.07 Å².